The molecule has 114 valence electrons. The predicted molar refractivity (Wildman–Crippen MR) is 79.5 cm³/mol. The molecule has 0 spiro atoms. The van der Waals surface area contributed by atoms with Crippen molar-refractivity contribution < 1.29 is 19.1 Å². The molecule has 0 radical (unpaired) electrons. The van der Waals surface area contributed by atoms with E-state index in [0.717, 1.165) is 12.0 Å². The number of carbonyl (C=O) groups is 2. The van der Waals surface area contributed by atoms with Crippen molar-refractivity contribution in [3.8, 4) is 0 Å². The third-order valence-corrected chi connectivity index (χ3v) is 4.52. The van der Waals surface area contributed by atoms with Gasteiger partial charge in [0.2, 0.25) is 5.91 Å². The van der Waals surface area contributed by atoms with Gasteiger partial charge in [-0.3, -0.25) is 9.59 Å². The molecule has 4 nitrogen and oxygen atoms in total. The molecule has 1 aliphatic rings. The third-order valence-electron chi connectivity index (χ3n) is 3.53. The number of amides is 1. The molecule has 21 heavy (non-hydrogen) atoms. The highest BCUT2D eigenvalue weighted by Gasteiger charge is 2.27. The molecule has 1 aromatic rings. The van der Waals surface area contributed by atoms with Crippen molar-refractivity contribution in [2.45, 2.75) is 18.6 Å². The summed E-state index contributed by atoms with van der Waals surface area (Å²) in [5.41, 5.74) is 0.969. The minimum Gasteiger partial charge on any atom is -0.481 e. The van der Waals surface area contributed by atoms with Crippen LogP contribution in [0.3, 0.4) is 0 Å². The number of carboxylic acids is 1. The first-order valence-corrected chi connectivity index (χ1v) is 8.04. The molecule has 1 amide bonds. The lowest BCUT2D eigenvalue weighted by atomic mass is 9.98. The second-order valence-corrected chi connectivity index (χ2v) is 6.12. The summed E-state index contributed by atoms with van der Waals surface area (Å²) in [6.07, 6.45) is 1.38. The number of rotatable bonds is 5. The molecular weight excluding hydrogens is 293 g/mol. The fourth-order valence-corrected chi connectivity index (χ4v) is 3.22. The number of carboxylic acid groups (broad SMARTS) is 1. The topological polar surface area (TPSA) is 57.6 Å². The Morgan fingerprint density at radius 1 is 1.33 bits per heavy atom. The van der Waals surface area contributed by atoms with E-state index in [9.17, 15) is 14.0 Å². The van der Waals surface area contributed by atoms with Crippen LogP contribution >= 0.6 is 11.8 Å². The Labute approximate surface area is 127 Å². The second kappa shape index (κ2) is 7.45. The molecule has 6 heteroatoms. The van der Waals surface area contributed by atoms with Crippen LogP contribution in [0.25, 0.3) is 0 Å². The van der Waals surface area contributed by atoms with Crippen LogP contribution in [0.15, 0.2) is 24.3 Å². The summed E-state index contributed by atoms with van der Waals surface area (Å²) in [4.78, 5) is 24.7. The number of hydrogen-bond acceptors (Lipinski definition) is 3. The molecule has 1 unspecified atom stereocenters. The van der Waals surface area contributed by atoms with E-state index in [1.165, 1.54) is 23.9 Å². The lowest BCUT2D eigenvalue weighted by Gasteiger charge is -2.30. The van der Waals surface area contributed by atoms with E-state index in [0.29, 0.717) is 31.0 Å². The molecule has 2 rings (SSSR count). The number of benzene rings is 1. The van der Waals surface area contributed by atoms with Crippen molar-refractivity contribution in [1.29, 1.82) is 0 Å². The Kier molecular flexibility index (Phi) is 5.61. The van der Waals surface area contributed by atoms with Crippen LogP contribution in [-0.2, 0) is 15.3 Å². The molecule has 0 aromatic heterocycles. The molecule has 1 heterocycles. The molecular formula is C15H18FNO3S. The lowest BCUT2D eigenvalue weighted by Crippen LogP contribution is -2.43. The van der Waals surface area contributed by atoms with Gasteiger partial charge in [-0.25, -0.2) is 4.39 Å². The van der Waals surface area contributed by atoms with E-state index in [1.807, 2.05) is 0 Å². The highest BCUT2D eigenvalue weighted by atomic mass is 32.2. The normalized spacial score (nSPS) is 18.5. The molecule has 1 atom stereocenters. The average molecular weight is 311 g/mol. The summed E-state index contributed by atoms with van der Waals surface area (Å²) >= 11 is 1.46. The quantitative estimate of drug-likeness (QED) is 0.907. The first-order chi connectivity index (χ1) is 10.1. The lowest BCUT2D eigenvalue weighted by molar-refractivity contribution is -0.145. The second-order valence-electron chi connectivity index (χ2n) is 5.14. The summed E-state index contributed by atoms with van der Waals surface area (Å²) in [6, 6.07) is 6.21. The standard InChI is InChI=1S/C15H18FNO3S/c16-13-5-3-11(4-6-13)9-21-10-14(18)17-7-1-2-12(8-17)15(19)20/h3-6,12H,1-2,7-10H2,(H,19,20). The summed E-state index contributed by atoms with van der Waals surface area (Å²) < 4.78 is 12.8. The first-order valence-electron chi connectivity index (χ1n) is 6.89. The summed E-state index contributed by atoms with van der Waals surface area (Å²) in [6.45, 7) is 0.949. The molecule has 1 aliphatic heterocycles. The van der Waals surface area contributed by atoms with E-state index in [4.69, 9.17) is 5.11 Å². The van der Waals surface area contributed by atoms with Crippen LogP contribution in [0, 0.1) is 11.7 Å². The van der Waals surface area contributed by atoms with Gasteiger partial charge in [-0.15, -0.1) is 11.8 Å². The highest BCUT2D eigenvalue weighted by molar-refractivity contribution is 7.99. The molecule has 0 saturated carbocycles. The molecule has 0 aliphatic carbocycles. The summed E-state index contributed by atoms with van der Waals surface area (Å²) in [5, 5.41) is 9.01. The zero-order chi connectivity index (χ0) is 15.2. The van der Waals surface area contributed by atoms with Crippen LogP contribution in [0.2, 0.25) is 0 Å². The Morgan fingerprint density at radius 2 is 2.05 bits per heavy atom. The fourth-order valence-electron chi connectivity index (χ4n) is 2.33. The largest absolute Gasteiger partial charge is 0.481 e. The highest BCUT2D eigenvalue weighted by Crippen LogP contribution is 2.19. The zero-order valence-electron chi connectivity index (χ0n) is 11.6. The van der Waals surface area contributed by atoms with E-state index in [-0.39, 0.29) is 11.7 Å². The van der Waals surface area contributed by atoms with Gasteiger partial charge in [0.1, 0.15) is 5.82 Å². The van der Waals surface area contributed by atoms with Crippen molar-refractivity contribution in [3.63, 3.8) is 0 Å². The van der Waals surface area contributed by atoms with Gasteiger partial charge < -0.3 is 10.0 Å². The van der Waals surface area contributed by atoms with Crippen LogP contribution in [0.5, 0.6) is 0 Å². The molecule has 1 aromatic carbocycles. The van der Waals surface area contributed by atoms with Gasteiger partial charge in [0.25, 0.3) is 0 Å². The van der Waals surface area contributed by atoms with Crippen molar-refractivity contribution >= 4 is 23.6 Å². The summed E-state index contributed by atoms with van der Waals surface area (Å²) in [7, 11) is 0. The molecule has 1 fully saturated rings. The van der Waals surface area contributed by atoms with Crippen LogP contribution in [0.1, 0.15) is 18.4 Å². The third kappa shape index (κ3) is 4.74. The van der Waals surface area contributed by atoms with E-state index >= 15 is 0 Å². The first kappa shape index (κ1) is 15.8. The summed E-state index contributed by atoms with van der Waals surface area (Å²) in [5.74, 6) is -0.594. The van der Waals surface area contributed by atoms with Gasteiger partial charge in [0, 0.05) is 18.8 Å². The predicted octanol–water partition coefficient (Wildman–Crippen LogP) is 2.38. The zero-order valence-corrected chi connectivity index (χ0v) is 12.4. The smallest absolute Gasteiger partial charge is 0.308 e. The monoisotopic (exact) mass is 311 g/mol. The van der Waals surface area contributed by atoms with Crippen LogP contribution < -0.4 is 0 Å². The molecule has 0 bridgehead atoms. The Balaban J connectivity index is 1.76. The van der Waals surface area contributed by atoms with Crippen molar-refractivity contribution in [2.24, 2.45) is 5.92 Å². The Hall–Kier alpha value is -1.56. The van der Waals surface area contributed by atoms with Gasteiger partial charge >= 0.3 is 5.97 Å². The number of halogens is 1. The van der Waals surface area contributed by atoms with Crippen molar-refractivity contribution in [3.05, 3.63) is 35.6 Å². The SMILES string of the molecule is O=C(O)C1CCCN(C(=O)CSCc2ccc(F)cc2)C1. The number of hydrogen-bond donors (Lipinski definition) is 1. The number of piperidine rings is 1. The maximum absolute atomic E-state index is 12.8. The fraction of sp³-hybridized carbons (Fsp3) is 0.467. The molecule has 1 saturated heterocycles. The average Bonchev–Trinajstić information content (AvgIpc) is 2.49. The Morgan fingerprint density at radius 3 is 2.71 bits per heavy atom. The van der Waals surface area contributed by atoms with E-state index in [2.05, 4.69) is 0 Å². The van der Waals surface area contributed by atoms with Gasteiger partial charge in [-0.1, -0.05) is 12.1 Å². The van der Waals surface area contributed by atoms with Gasteiger partial charge in [0.15, 0.2) is 0 Å². The minimum atomic E-state index is -0.827. The number of likely N-dealkylation sites (tertiary alicyclic amines) is 1. The van der Waals surface area contributed by atoms with E-state index in [1.54, 1.807) is 17.0 Å². The number of aliphatic carboxylic acids is 1. The van der Waals surface area contributed by atoms with Crippen LogP contribution in [-0.4, -0.2) is 40.7 Å². The number of nitrogens with zero attached hydrogens (tertiary/aromatic N) is 1. The van der Waals surface area contributed by atoms with Gasteiger partial charge in [-0.2, -0.15) is 0 Å². The molecule has 1 N–H and O–H groups in total. The maximum Gasteiger partial charge on any atom is 0.308 e. The number of carbonyl (C=O) groups excluding carboxylic acids is 1. The minimum absolute atomic E-state index is 0.0203. The van der Waals surface area contributed by atoms with E-state index < -0.39 is 11.9 Å². The number of thioether (sulfide) groups is 1. The van der Waals surface area contributed by atoms with Crippen molar-refractivity contribution in [1.82, 2.24) is 4.90 Å². The van der Waals surface area contributed by atoms with Gasteiger partial charge in [-0.05, 0) is 30.5 Å². The maximum atomic E-state index is 12.8. The Bertz CT molecular complexity index is 506. The van der Waals surface area contributed by atoms with Crippen LogP contribution in [0.4, 0.5) is 4.39 Å². The van der Waals surface area contributed by atoms with Crippen molar-refractivity contribution in [2.75, 3.05) is 18.8 Å². The van der Waals surface area contributed by atoms with Gasteiger partial charge in [0.05, 0.1) is 11.7 Å².